The normalized spacial score (nSPS) is 15.4. The lowest BCUT2D eigenvalue weighted by Gasteiger charge is -2.35. The van der Waals surface area contributed by atoms with Gasteiger partial charge in [-0.05, 0) is 18.2 Å². The quantitative estimate of drug-likeness (QED) is 0.509. The molecule has 1 fully saturated rings. The number of aryl methyl sites for hydroxylation is 1. The van der Waals surface area contributed by atoms with Crippen LogP contribution in [0.5, 0.6) is 0 Å². The maximum atomic E-state index is 10.3. The number of piperidine rings is 1. The summed E-state index contributed by atoms with van der Waals surface area (Å²) in [6.07, 6.45) is 15.5. The van der Waals surface area contributed by atoms with E-state index in [4.69, 9.17) is 6.42 Å². The molecule has 0 saturated carbocycles. The summed E-state index contributed by atoms with van der Waals surface area (Å²) in [5.41, 5.74) is 3.90. The fourth-order valence-corrected chi connectivity index (χ4v) is 4.13. The SMILES string of the molecule is C#CC1(O)CCN(c2ccc(-c3cc(-c4cnn(C)c4)cn4ncc(C#N)c34)cn2)CC1. The molecule has 0 aliphatic carbocycles. The highest BCUT2D eigenvalue weighted by Crippen LogP contribution is 2.33. The van der Waals surface area contributed by atoms with E-state index >= 15 is 0 Å². The molecule has 0 radical (unpaired) electrons. The molecule has 1 aliphatic rings. The van der Waals surface area contributed by atoms with Crippen LogP contribution >= 0.6 is 0 Å². The number of terminal acetylenes is 1. The Hall–Kier alpha value is -4.14. The molecule has 0 atom stereocenters. The Balaban J connectivity index is 1.53. The maximum absolute atomic E-state index is 10.3. The van der Waals surface area contributed by atoms with E-state index in [1.165, 1.54) is 0 Å². The molecule has 4 aromatic heterocycles. The molecule has 4 aromatic rings. The molecule has 0 unspecified atom stereocenters. The van der Waals surface area contributed by atoms with Gasteiger partial charge in [-0.15, -0.1) is 6.42 Å². The monoisotopic (exact) mass is 423 g/mol. The van der Waals surface area contributed by atoms with E-state index in [1.807, 2.05) is 43.8 Å². The van der Waals surface area contributed by atoms with Crippen LogP contribution < -0.4 is 4.90 Å². The number of aromatic nitrogens is 5. The predicted molar refractivity (Wildman–Crippen MR) is 121 cm³/mol. The molecule has 0 aromatic carbocycles. The van der Waals surface area contributed by atoms with E-state index < -0.39 is 5.60 Å². The van der Waals surface area contributed by atoms with Gasteiger partial charge in [-0.1, -0.05) is 5.92 Å². The van der Waals surface area contributed by atoms with Crippen LogP contribution in [0.3, 0.4) is 0 Å². The number of nitriles is 1. The van der Waals surface area contributed by atoms with Crippen LogP contribution in [0.2, 0.25) is 0 Å². The third-order valence-corrected chi connectivity index (χ3v) is 6.01. The van der Waals surface area contributed by atoms with Gasteiger partial charge in [0.15, 0.2) is 0 Å². The predicted octanol–water partition coefficient (Wildman–Crippen LogP) is 2.63. The van der Waals surface area contributed by atoms with E-state index in [0.29, 0.717) is 31.5 Å². The van der Waals surface area contributed by atoms with Crippen molar-refractivity contribution in [3.05, 3.63) is 54.7 Å². The van der Waals surface area contributed by atoms with Crippen molar-refractivity contribution in [2.24, 2.45) is 7.05 Å². The molecule has 32 heavy (non-hydrogen) atoms. The number of hydrogen-bond acceptors (Lipinski definition) is 6. The minimum Gasteiger partial charge on any atom is -0.377 e. The molecule has 1 aliphatic heterocycles. The fraction of sp³-hybridized carbons (Fsp3) is 0.250. The molecule has 0 spiro atoms. The summed E-state index contributed by atoms with van der Waals surface area (Å²) >= 11 is 0. The summed E-state index contributed by atoms with van der Waals surface area (Å²) in [6, 6.07) is 8.24. The Morgan fingerprint density at radius 2 is 1.88 bits per heavy atom. The van der Waals surface area contributed by atoms with Crippen LogP contribution in [-0.4, -0.2) is 48.2 Å². The van der Waals surface area contributed by atoms with Crippen molar-refractivity contribution in [2.75, 3.05) is 18.0 Å². The molecule has 0 bridgehead atoms. The van der Waals surface area contributed by atoms with Crippen molar-refractivity contribution in [2.45, 2.75) is 18.4 Å². The summed E-state index contributed by atoms with van der Waals surface area (Å²) in [4.78, 5) is 6.79. The standard InChI is InChI=1S/C24H21N7O/c1-3-24(32)6-8-30(9-7-24)22-5-4-17(12-26-22)21-10-18(20-14-27-29(2)15-20)16-31-23(21)19(11-25)13-28-31/h1,4-5,10,12-16,32H,6-9H2,2H3. The summed E-state index contributed by atoms with van der Waals surface area (Å²) < 4.78 is 3.48. The van der Waals surface area contributed by atoms with Crippen molar-refractivity contribution in [1.29, 1.82) is 5.26 Å². The molecule has 5 heterocycles. The van der Waals surface area contributed by atoms with Gasteiger partial charge in [0.1, 0.15) is 17.5 Å². The minimum absolute atomic E-state index is 0.506. The fourth-order valence-electron chi connectivity index (χ4n) is 4.13. The van der Waals surface area contributed by atoms with Gasteiger partial charge in [0.25, 0.3) is 0 Å². The first-order chi connectivity index (χ1) is 15.5. The number of aliphatic hydroxyl groups is 1. The number of pyridine rings is 2. The largest absolute Gasteiger partial charge is 0.377 e. The maximum Gasteiger partial charge on any atom is 0.128 e. The molecule has 5 rings (SSSR count). The van der Waals surface area contributed by atoms with Crippen LogP contribution in [0.1, 0.15) is 18.4 Å². The first-order valence-electron chi connectivity index (χ1n) is 10.3. The van der Waals surface area contributed by atoms with Crippen LogP contribution in [-0.2, 0) is 7.05 Å². The Bertz CT molecular complexity index is 1380. The molecule has 0 amide bonds. The average molecular weight is 423 g/mol. The van der Waals surface area contributed by atoms with Gasteiger partial charge in [-0.3, -0.25) is 4.68 Å². The second-order valence-corrected chi connectivity index (χ2v) is 8.08. The highest BCUT2D eigenvalue weighted by atomic mass is 16.3. The minimum atomic E-state index is -1.02. The van der Waals surface area contributed by atoms with Gasteiger partial charge in [0.05, 0.1) is 23.5 Å². The van der Waals surface area contributed by atoms with E-state index in [1.54, 1.807) is 21.6 Å². The number of hydrogen-bond donors (Lipinski definition) is 1. The molecule has 8 nitrogen and oxygen atoms in total. The third-order valence-electron chi connectivity index (χ3n) is 6.01. The van der Waals surface area contributed by atoms with Gasteiger partial charge < -0.3 is 10.0 Å². The van der Waals surface area contributed by atoms with Crippen LogP contribution in [0.15, 0.2) is 49.2 Å². The van der Waals surface area contributed by atoms with Crippen LogP contribution in [0.25, 0.3) is 27.8 Å². The Kier molecular flexibility index (Phi) is 4.66. The zero-order chi connectivity index (χ0) is 22.3. The highest BCUT2D eigenvalue weighted by Gasteiger charge is 2.30. The second kappa shape index (κ2) is 7.52. The second-order valence-electron chi connectivity index (χ2n) is 8.08. The molecule has 8 heteroatoms. The topological polar surface area (TPSA) is 95.3 Å². The first kappa shape index (κ1) is 19.8. The number of rotatable bonds is 3. The van der Waals surface area contributed by atoms with Gasteiger partial charge >= 0.3 is 0 Å². The Labute approximate surface area is 185 Å². The number of nitrogens with zero attached hydrogens (tertiary/aromatic N) is 7. The lowest BCUT2D eigenvalue weighted by molar-refractivity contribution is 0.0746. The number of fused-ring (bicyclic) bond motifs is 1. The van der Waals surface area contributed by atoms with Crippen LogP contribution in [0, 0.1) is 23.7 Å². The Morgan fingerprint density at radius 3 is 2.50 bits per heavy atom. The molecular formula is C24H21N7O. The summed E-state index contributed by atoms with van der Waals surface area (Å²) in [5, 5.41) is 28.5. The molecule has 1 N–H and O–H groups in total. The van der Waals surface area contributed by atoms with E-state index in [2.05, 4.69) is 32.1 Å². The van der Waals surface area contributed by atoms with Crippen molar-refractivity contribution >= 4 is 11.3 Å². The van der Waals surface area contributed by atoms with Gasteiger partial charge in [-0.2, -0.15) is 15.5 Å². The zero-order valence-electron chi connectivity index (χ0n) is 17.6. The van der Waals surface area contributed by atoms with Crippen molar-refractivity contribution < 1.29 is 5.11 Å². The lowest BCUT2D eigenvalue weighted by Crippen LogP contribution is -2.43. The van der Waals surface area contributed by atoms with E-state index in [0.717, 1.165) is 33.6 Å². The Morgan fingerprint density at radius 1 is 1.06 bits per heavy atom. The van der Waals surface area contributed by atoms with Gasteiger partial charge in [-0.25, -0.2) is 9.50 Å². The summed E-state index contributed by atoms with van der Waals surface area (Å²) in [7, 11) is 1.87. The average Bonchev–Trinajstić information content (AvgIpc) is 3.45. The molecule has 1 saturated heterocycles. The lowest BCUT2D eigenvalue weighted by atomic mass is 9.92. The van der Waals surface area contributed by atoms with Crippen molar-refractivity contribution in [3.63, 3.8) is 0 Å². The summed E-state index contributed by atoms with van der Waals surface area (Å²) in [6.45, 7) is 1.30. The third kappa shape index (κ3) is 3.37. The smallest absolute Gasteiger partial charge is 0.128 e. The summed E-state index contributed by atoms with van der Waals surface area (Å²) in [5.74, 6) is 3.33. The van der Waals surface area contributed by atoms with E-state index in [9.17, 15) is 10.4 Å². The van der Waals surface area contributed by atoms with E-state index in [-0.39, 0.29) is 0 Å². The first-order valence-corrected chi connectivity index (χ1v) is 10.3. The van der Waals surface area contributed by atoms with Gasteiger partial charge in [0.2, 0.25) is 0 Å². The zero-order valence-corrected chi connectivity index (χ0v) is 17.6. The van der Waals surface area contributed by atoms with Crippen LogP contribution in [0.4, 0.5) is 5.82 Å². The van der Waals surface area contributed by atoms with Gasteiger partial charge in [0, 0.05) is 73.8 Å². The van der Waals surface area contributed by atoms with Crippen molar-refractivity contribution in [1.82, 2.24) is 24.4 Å². The number of anilines is 1. The molecular weight excluding hydrogens is 402 g/mol. The molecule has 158 valence electrons. The van der Waals surface area contributed by atoms with Crippen molar-refractivity contribution in [3.8, 4) is 40.7 Å². The highest BCUT2D eigenvalue weighted by molar-refractivity contribution is 5.87.